The normalized spacial score (nSPS) is 23.1. The van der Waals surface area contributed by atoms with E-state index in [-0.39, 0.29) is 22.8 Å². The van der Waals surface area contributed by atoms with E-state index in [2.05, 4.69) is 22.2 Å². The third-order valence-corrected chi connectivity index (χ3v) is 4.07. The molecule has 0 radical (unpaired) electrons. The van der Waals surface area contributed by atoms with E-state index >= 15 is 0 Å². The van der Waals surface area contributed by atoms with Crippen LogP contribution in [0.1, 0.15) is 44.7 Å². The zero-order valence-electron chi connectivity index (χ0n) is 11.7. The van der Waals surface area contributed by atoms with Crippen LogP contribution in [0, 0.1) is 23.0 Å². The number of halogens is 1. The third-order valence-electron chi connectivity index (χ3n) is 3.90. The molecule has 1 heterocycles. The topological polar surface area (TPSA) is 81.0 Å². The molecule has 0 spiro atoms. The van der Waals surface area contributed by atoms with Gasteiger partial charge in [0, 0.05) is 6.04 Å². The van der Waals surface area contributed by atoms with Crippen molar-refractivity contribution in [1.82, 2.24) is 9.97 Å². The van der Waals surface area contributed by atoms with Gasteiger partial charge in [-0.25, -0.2) is 4.98 Å². The first-order valence-electron chi connectivity index (χ1n) is 6.94. The van der Waals surface area contributed by atoms with Crippen molar-refractivity contribution in [2.45, 2.75) is 52.0 Å². The Bertz CT molecular complexity index is 509. The smallest absolute Gasteiger partial charge is 0.332 e. The molecular formula is C13H19ClN4O2. The van der Waals surface area contributed by atoms with E-state index in [9.17, 15) is 10.1 Å². The van der Waals surface area contributed by atoms with Gasteiger partial charge in [-0.3, -0.25) is 10.1 Å². The highest BCUT2D eigenvalue weighted by molar-refractivity contribution is 6.28. The summed E-state index contributed by atoms with van der Waals surface area (Å²) < 4.78 is 0. The van der Waals surface area contributed by atoms with Crippen LogP contribution < -0.4 is 5.32 Å². The van der Waals surface area contributed by atoms with E-state index in [0.717, 1.165) is 19.3 Å². The fourth-order valence-corrected chi connectivity index (χ4v) is 2.95. The molecule has 6 nitrogen and oxygen atoms in total. The first-order chi connectivity index (χ1) is 9.49. The Morgan fingerprint density at radius 3 is 2.70 bits per heavy atom. The minimum atomic E-state index is -0.449. The van der Waals surface area contributed by atoms with Crippen LogP contribution in [0.2, 0.25) is 5.28 Å². The summed E-state index contributed by atoms with van der Waals surface area (Å²) in [7, 11) is 0. The van der Waals surface area contributed by atoms with Gasteiger partial charge in [0.2, 0.25) is 11.1 Å². The largest absolute Gasteiger partial charge is 0.361 e. The number of hydrogen-bond donors (Lipinski definition) is 1. The van der Waals surface area contributed by atoms with Gasteiger partial charge < -0.3 is 5.32 Å². The maximum absolute atomic E-state index is 11.2. The first kappa shape index (κ1) is 15.0. The number of hydrogen-bond acceptors (Lipinski definition) is 5. The van der Waals surface area contributed by atoms with Gasteiger partial charge in [0.1, 0.15) is 5.69 Å². The summed E-state index contributed by atoms with van der Waals surface area (Å²) in [5.41, 5.74) is 0.213. The van der Waals surface area contributed by atoms with Gasteiger partial charge in [-0.05, 0) is 37.3 Å². The highest BCUT2D eigenvalue weighted by atomic mass is 35.5. The van der Waals surface area contributed by atoms with Gasteiger partial charge in [-0.2, -0.15) is 4.98 Å². The summed E-state index contributed by atoms with van der Waals surface area (Å²) in [4.78, 5) is 18.6. The Hall–Kier alpha value is -1.43. The van der Waals surface area contributed by atoms with Crippen molar-refractivity contribution < 1.29 is 4.92 Å². The number of anilines is 1. The summed E-state index contributed by atoms with van der Waals surface area (Å²) >= 11 is 5.83. The van der Waals surface area contributed by atoms with Gasteiger partial charge in [0.05, 0.1) is 4.92 Å². The third kappa shape index (κ3) is 3.36. The van der Waals surface area contributed by atoms with Crippen LogP contribution in [0.4, 0.5) is 11.5 Å². The molecule has 0 aliphatic heterocycles. The van der Waals surface area contributed by atoms with E-state index in [1.807, 2.05) is 0 Å². The molecule has 20 heavy (non-hydrogen) atoms. The molecule has 110 valence electrons. The molecule has 1 aliphatic rings. The van der Waals surface area contributed by atoms with Gasteiger partial charge in [-0.15, -0.1) is 0 Å². The first-order valence-corrected chi connectivity index (χ1v) is 7.32. The lowest BCUT2D eigenvalue weighted by Crippen LogP contribution is -2.27. The molecule has 0 saturated heterocycles. The van der Waals surface area contributed by atoms with Crippen LogP contribution >= 0.6 is 11.6 Å². The van der Waals surface area contributed by atoms with E-state index in [0.29, 0.717) is 11.6 Å². The fourth-order valence-electron chi connectivity index (χ4n) is 2.74. The van der Waals surface area contributed by atoms with E-state index in [1.54, 1.807) is 6.92 Å². The second-order valence-corrected chi connectivity index (χ2v) is 5.74. The predicted octanol–water partition coefficient (Wildman–Crippen LogP) is 3.73. The van der Waals surface area contributed by atoms with Crippen molar-refractivity contribution in [1.29, 1.82) is 0 Å². The van der Waals surface area contributed by atoms with E-state index < -0.39 is 4.92 Å². The lowest BCUT2D eigenvalue weighted by molar-refractivity contribution is -0.385. The molecule has 1 fully saturated rings. The molecule has 1 saturated carbocycles. The number of nitrogens with zero attached hydrogens (tertiary/aromatic N) is 3. The summed E-state index contributed by atoms with van der Waals surface area (Å²) in [6.07, 6.45) is 5.69. The quantitative estimate of drug-likeness (QED) is 0.398. The summed E-state index contributed by atoms with van der Waals surface area (Å²) in [6.45, 7) is 3.75. The number of aromatic nitrogens is 2. The fraction of sp³-hybridized carbons (Fsp3) is 0.692. The summed E-state index contributed by atoms with van der Waals surface area (Å²) in [5.74, 6) is 0.706. The van der Waals surface area contributed by atoms with E-state index in [4.69, 9.17) is 11.6 Å². The average molecular weight is 299 g/mol. The molecule has 0 amide bonds. The Balaban J connectivity index is 2.29. The highest BCUT2D eigenvalue weighted by Gasteiger charge is 2.26. The Morgan fingerprint density at radius 1 is 1.30 bits per heavy atom. The van der Waals surface area contributed by atoms with Crippen LogP contribution in [0.25, 0.3) is 0 Å². The van der Waals surface area contributed by atoms with Crippen molar-refractivity contribution in [3.8, 4) is 0 Å². The van der Waals surface area contributed by atoms with Crippen LogP contribution in [0.5, 0.6) is 0 Å². The molecule has 0 aromatic carbocycles. The molecule has 1 aromatic heterocycles. The Morgan fingerprint density at radius 2 is 2.00 bits per heavy atom. The molecule has 2 rings (SSSR count). The maximum atomic E-state index is 11.2. The molecule has 2 atom stereocenters. The second-order valence-electron chi connectivity index (χ2n) is 5.40. The van der Waals surface area contributed by atoms with Crippen molar-refractivity contribution >= 4 is 23.1 Å². The number of nitrogens with one attached hydrogen (secondary N) is 1. The monoisotopic (exact) mass is 298 g/mol. The zero-order chi connectivity index (χ0) is 14.7. The van der Waals surface area contributed by atoms with Gasteiger partial charge in [0.25, 0.3) is 0 Å². The highest BCUT2D eigenvalue weighted by Crippen LogP contribution is 2.31. The average Bonchev–Trinajstić information content (AvgIpc) is 2.53. The van der Waals surface area contributed by atoms with Crippen LogP contribution in [-0.2, 0) is 0 Å². The van der Waals surface area contributed by atoms with Crippen molar-refractivity contribution in [3.63, 3.8) is 0 Å². The maximum Gasteiger partial charge on any atom is 0.332 e. The molecule has 0 bridgehead atoms. The summed E-state index contributed by atoms with van der Waals surface area (Å²) in [5, 5.41) is 14.5. The SMILES string of the molecule is Cc1nc(Cl)nc(NC2CCCCCC2C)c1[N+](=O)[O-]. The van der Waals surface area contributed by atoms with Gasteiger partial charge >= 0.3 is 5.69 Å². The number of rotatable bonds is 3. The zero-order valence-corrected chi connectivity index (χ0v) is 12.5. The van der Waals surface area contributed by atoms with E-state index in [1.165, 1.54) is 12.8 Å². The molecule has 1 N–H and O–H groups in total. The lowest BCUT2D eigenvalue weighted by Gasteiger charge is -2.23. The standard InChI is InChI=1S/C13H19ClN4O2/c1-8-6-4-3-5-7-10(8)16-12-11(18(19)20)9(2)15-13(14)17-12/h8,10H,3-7H2,1-2H3,(H,15,16,17). The minimum Gasteiger partial charge on any atom is -0.361 e. The Kier molecular flexibility index (Phi) is 4.75. The lowest BCUT2D eigenvalue weighted by atomic mass is 9.97. The Labute approximate surface area is 123 Å². The number of nitro groups is 1. The minimum absolute atomic E-state index is 0.0388. The van der Waals surface area contributed by atoms with Gasteiger partial charge in [-0.1, -0.05) is 26.2 Å². The van der Waals surface area contributed by atoms with Crippen LogP contribution in [0.3, 0.4) is 0 Å². The molecule has 1 aromatic rings. The summed E-state index contributed by atoms with van der Waals surface area (Å²) in [6, 6.07) is 0.196. The molecular weight excluding hydrogens is 280 g/mol. The van der Waals surface area contributed by atoms with Crippen molar-refractivity contribution in [3.05, 3.63) is 21.1 Å². The number of aryl methyl sites for hydroxylation is 1. The second kappa shape index (κ2) is 6.35. The van der Waals surface area contributed by atoms with Crippen molar-refractivity contribution in [2.75, 3.05) is 5.32 Å². The molecule has 2 unspecified atom stereocenters. The molecule has 7 heteroatoms. The van der Waals surface area contributed by atoms with Gasteiger partial charge in [0.15, 0.2) is 0 Å². The molecule has 1 aliphatic carbocycles. The van der Waals surface area contributed by atoms with Crippen LogP contribution in [0.15, 0.2) is 0 Å². The van der Waals surface area contributed by atoms with Crippen LogP contribution in [-0.4, -0.2) is 20.9 Å². The van der Waals surface area contributed by atoms with Crippen molar-refractivity contribution in [2.24, 2.45) is 5.92 Å². The predicted molar refractivity (Wildman–Crippen MR) is 78.1 cm³/mol.